The molecule has 1 aromatic rings. The first-order valence-electron chi connectivity index (χ1n) is 7.88. The van der Waals surface area contributed by atoms with Crippen LogP contribution in [-0.4, -0.2) is 11.7 Å². The number of unbranched alkanes of at least 4 members (excludes halogenated alkanes) is 7. The van der Waals surface area contributed by atoms with Crippen molar-refractivity contribution in [3.05, 3.63) is 17.0 Å². The highest BCUT2D eigenvalue weighted by atomic mass is 16.5. The standard InChI is InChI=1S/C16H30N2O/c1-4-5-6-7-8-9-10-11-12-17-13-16-14(2)18-19-15(16)3/h17H,4-13H2,1-3H3. The quantitative estimate of drug-likeness (QED) is 0.598. The summed E-state index contributed by atoms with van der Waals surface area (Å²) in [6.45, 7) is 8.23. The molecule has 0 aromatic carbocycles. The monoisotopic (exact) mass is 266 g/mol. The van der Waals surface area contributed by atoms with Crippen molar-refractivity contribution >= 4 is 0 Å². The first-order valence-corrected chi connectivity index (χ1v) is 7.88. The first-order chi connectivity index (χ1) is 9.25. The Morgan fingerprint density at radius 2 is 1.58 bits per heavy atom. The number of aromatic nitrogens is 1. The van der Waals surface area contributed by atoms with Crippen molar-refractivity contribution in [2.45, 2.75) is 78.7 Å². The van der Waals surface area contributed by atoms with E-state index in [9.17, 15) is 0 Å². The second-order valence-corrected chi connectivity index (χ2v) is 5.45. The van der Waals surface area contributed by atoms with Gasteiger partial charge in [-0.2, -0.15) is 0 Å². The topological polar surface area (TPSA) is 38.1 Å². The van der Waals surface area contributed by atoms with Crippen LogP contribution in [0.25, 0.3) is 0 Å². The molecule has 0 spiro atoms. The molecule has 110 valence electrons. The second kappa shape index (κ2) is 10.0. The molecular weight excluding hydrogens is 236 g/mol. The van der Waals surface area contributed by atoms with Crippen LogP contribution in [0, 0.1) is 13.8 Å². The van der Waals surface area contributed by atoms with Crippen LogP contribution in [0.1, 0.15) is 75.3 Å². The van der Waals surface area contributed by atoms with E-state index in [1.807, 2.05) is 13.8 Å². The zero-order chi connectivity index (χ0) is 13.9. The molecule has 0 aliphatic rings. The fourth-order valence-corrected chi connectivity index (χ4v) is 2.35. The SMILES string of the molecule is CCCCCCCCCCNCc1c(C)noc1C. The number of hydrogen-bond acceptors (Lipinski definition) is 3. The molecule has 1 heterocycles. The van der Waals surface area contributed by atoms with E-state index >= 15 is 0 Å². The molecule has 0 aliphatic carbocycles. The molecular formula is C16H30N2O. The lowest BCUT2D eigenvalue weighted by molar-refractivity contribution is 0.392. The second-order valence-electron chi connectivity index (χ2n) is 5.45. The number of aryl methyl sites for hydroxylation is 2. The smallest absolute Gasteiger partial charge is 0.138 e. The van der Waals surface area contributed by atoms with Gasteiger partial charge in [0.05, 0.1) is 5.69 Å². The van der Waals surface area contributed by atoms with Gasteiger partial charge >= 0.3 is 0 Å². The van der Waals surface area contributed by atoms with Crippen LogP contribution < -0.4 is 5.32 Å². The highest BCUT2D eigenvalue weighted by Gasteiger charge is 2.07. The van der Waals surface area contributed by atoms with E-state index in [0.29, 0.717) is 0 Å². The summed E-state index contributed by atoms with van der Waals surface area (Å²) in [7, 11) is 0. The molecule has 0 fully saturated rings. The Labute approximate surface area is 118 Å². The molecule has 3 heteroatoms. The van der Waals surface area contributed by atoms with Crippen molar-refractivity contribution in [3.63, 3.8) is 0 Å². The fraction of sp³-hybridized carbons (Fsp3) is 0.812. The molecule has 0 amide bonds. The molecule has 1 N–H and O–H groups in total. The van der Waals surface area contributed by atoms with E-state index in [2.05, 4.69) is 17.4 Å². The third kappa shape index (κ3) is 6.76. The minimum atomic E-state index is 0.887. The van der Waals surface area contributed by atoms with Gasteiger partial charge in [-0.25, -0.2) is 0 Å². The normalized spacial score (nSPS) is 11.1. The van der Waals surface area contributed by atoms with Crippen LogP contribution in [0.5, 0.6) is 0 Å². The molecule has 0 aliphatic heterocycles. The van der Waals surface area contributed by atoms with E-state index in [1.54, 1.807) is 0 Å². The highest BCUT2D eigenvalue weighted by molar-refractivity contribution is 5.20. The lowest BCUT2D eigenvalue weighted by Crippen LogP contribution is -2.15. The molecule has 19 heavy (non-hydrogen) atoms. The Morgan fingerprint density at radius 1 is 0.947 bits per heavy atom. The molecule has 0 saturated heterocycles. The maximum atomic E-state index is 5.15. The third-order valence-electron chi connectivity index (χ3n) is 3.69. The summed E-state index contributed by atoms with van der Waals surface area (Å²) in [6.07, 6.45) is 11.0. The Kier molecular flexibility index (Phi) is 8.55. The van der Waals surface area contributed by atoms with Crippen LogP contribution in [0.3, 0.4) is 0 Å². The summed E-state index contributed by atoms with van der Waals surface area (Å²) < 4.78 is 5.15. The van der Waals surface area contributed by atoms with E-state index in [4.69, 9.17) is 4.52 Å². The molecule has 1 aromatic heterocycles. The van der Waals surface area contributed by atoms with Crippen molar-refractivity contribution < 1.29 is 4.52 Å². The summed E-state index contributed by atoms with van der Waals surface area (Å²) in [5, 5.41) is 7.45. The number of nitrogens with zero attached hydrogens (tertiary/aromatic N) is 1. The van der Waals surface area contributed by atoms with Crippen molar-refractivity contribution in [2.24, 2.45) is 0 Å². The molecule has 0 unspecified atom stereocenters. The minimum absolute atomic E-state index is 0.887. The molecule has 0 atom stereocenters. The number of rotatable bonds is 11. The Hall–Kier alpha value is -0.830. The third-order valence-corrected chi connectivity index (χ3v) is 3.69. The fourth-order valence-electron chi connectivity index (χ4n) is 2.35. The predicted molar refractivity (Wildman–Crippen MR) is 80.3 cm³/mol. The molecule has 0 radical (unpaired) electrons. The van der Waals surface area contributed by atoms with Crippen LogP contribution >= 0.6 is 0 Å². The van der Waals surface area contributed by atoms with Gasteiger partial charge in [0.25, 0.3) is 0 Å². The summed E-state index contributed by atoms with van der Waals surface area (Å²) in [5.41, 5.74) is 2.24. The minimum Gasteiger partial charge on any atom is -0.361 e. The van der Waals surface area contributed by atoms with Gasteiger partial charge in [0.2, 0.25) is 0 Å². The maximum absolute atomic E-state index is 5.15. The van der Waals surface area contributed by atoms with Gasteiger partial charge < -0.3 is 9.84 Å². The van der Waals surface area contributed by atoms with Crippen LogP contribution in [0.15, 0.2) is 4.52 Å². The largest absolute Gasteiger partial charge is 0.361 e. The predicted octanol–water partition coefficient (Wildman–Crippen LogP) is 4.52. The number of nitrogens with one attached hydrogen (secondary N) is 1. The molecule has 0 saturated carbocycles. The summed E-state index contributed by atoms with van der Waals surface area (Å²) >= 11 is 0. The molecule has 0 bridgehead atoms. The number of hydrogen-bond donors (Lipinski definition) is 1. The van der Waals surface area contributed by atoms with Gasteiger partial charge in [-0.1, -0.05) is 57.0 Å². The molecule has 3 nitrogen and oxygen atoms in total. The van der Waals surface area contributed by atoms with E-state index < -0.39 is 0 Å². The van der Waals surface area contributed by atoms with Crippen LogP contribution in [-0.2, 0) is 6.54 Å². The van der Waals surface area contributed by atoms with Crippen LogP contribution in [0.2, 0.25) is 0 Å². The lowest BCUT2D eigenvalue weighted by Gasteiger charge is -2.04. The Balaban J connectivity index is 1.92. The summed E-state index contributed by atoms with van der Waals surface area (Å²) in [5.74, 6) is 0.945. The van der Waals surface area contributed by atoms with Gasteiger partial charge in [-0.05, 0) is 26.8 Å². The molecule has 1 rings (SSSR count). The lowest BCUT2D eigenvalue weighted by atomic mass is 10.1. The summed E-state index contributed by atoms with van der Waals surface area (Å²) in [6, 6.07) is 0. The summed E-state index contributed by atoms with van der Waals surface area (Å²) in [4.78, 5) is 0. The zero-order valence-corrected chi connectivity index (χ0v) is 12.9. The van der Waals surface area contributed by atoms with Crippen molar-refractivity contribution in [1.82, 2.24) is 10.5 Å². The Bertz CT molecular complexity index is 314. The van der Waals surface area contributed by atoms with Crippen molar-refractivity contribution in [3.8, 4) is 0 Å². The van der Waals surface area contributed by atoms with Crippen molar-refractivity contribution in [2.75, 3.05) is 6.54 Å². The average Bonchev–Trinajstić information content (AvgIpc) is 2.72. The van der Waals surface area contributed by atoms with Crippen molar-refractivity contribution in [1.29, 1.82) is 0 Å². The highest BCUT2D eigenvalue weighted by Crippen LogP contribution is 2.11. The van der Waals surface area contributed by atoms with Gasteiger partial charge in [-0.15, -0.1) is 0 Å². The van der Waals surface area contributed by atoms with E-state index in [1.165, 1.54) is 56.9 Å². The van der Waals surface area contributed by atoms with Gasteiger partial charge in [-0.3, -0.25) is 0 Å². The van der Waals surface area contributed by atoms with Crippen LogP contribution in [0.4, 0.5) is 0 Å². The van der Waals surface area contributed by atoms with E-state index in [-0.39, 0.29) is 0 Å². The van der Waals surface area contributed by atoms with Gasteiger partial charge in [0.1, 0.15) is 5.76 Å². The zero-order valence-electron chi connectivity index (χ0n) is 12.9. The Morgan fingerprint density at radius 3 is 2.16 bits per heavy atom. The average molecular weight is 266 g/mol. The van der Waals surface area contributed by atoms with E-state index in [0.717, 1.165) is 24.5 Å². The maximum Gasteiger partial charge on any atom is 0.138 e. The first kappa shape index (κ1) is 16.2. The van der Waals surface area contributed by atoms with Gasteiger partial charge in [0, 0.05) is 12.1 Å². The van der Waals surface area contributed by atoms with Gasteiger partial charge in [0.15, 0.2) is 0 Å².